The molecule has 5 nitrogen and oxygen atoms in total. The second-order valence-electron chi connectivity index (χ2n) is 5.06. The quantitative estimate of drug-likeness (QED) is 0.675. The number of carbonyl (C=O) groups excluding carboxylic acids is 1. The van der Waals surface area contributed by atoms with Gasteiger partial charge in [0.05, 0.1) is 6.54 Å². The predicted molar refractivity (Wildman–Crippen MR) is 82.2 cm³/mol. The zero-order valence-corrected chi connectivity index (χ0v) is 13.4. The summed E-state index contributed by atoms with van der Waals surface area (Å²) in [6.07, 6.45) is 2.97. The summed E-state index contributed by atoms with van der Waals surface area (Å²) in [6.45, 7) is 6.08. The fraction of sp³-hybridized carbons (Fsp3) is 0.643. The van der Waals surface area contributed by atoms with Crippen LogP contribution in [0, 0.1) is 13.8 Å². The molecule has 0 radical (unpaired) electrons. The van der Waals surface area contributed by atoms with Gasteiger partial charge in [0, 0.05) is 12.1 Å². The second-order valence-corrected chi connectivity index (χ2v) is 6.04. The molecule has 0 aliphatic heterocycles. The van der Waals surface area contributed by atoms with E-state index in [9.17, 15) is 9.90 Å². The van der Waals surface area contributed by atoms with Gasteiger partial charge < -0.3 is 20.2 Å². The Morgan fingerprint density at radius 2 is 2.15 bits per heavy atom. The van der Waals surface area contributed by atoms with Crippen molar-refractivity contribution >= 4 is 17.8 Å². The normalized spacial score (nSPS) is 13.8. The number of furan rings is 1. The molecule has 0 fully saturated rings. The molecular weight excluding hydrogens is 276 g/mol. The van der Waals surface area contributed by atoms with Crippen LogP contribution in [0.1, 0.15) is 30.4 Å². The highest BCUT2D eigenvalue weighted by molar-refractivity contribution is 7.98. The summed E-state index contributed by atoms with van der Waals surface area (Å²) in [4.78, 5) is 11.6. The van der Waals surface area contributed by atoms with E-state index in [1.807, 2.05) is 13.2 Å². The number of rotatable bonds is 7. The van der Waals surface area contributed by atoms with E-state index in [2.05, 4.69) is 10.6 Å². The lowest BCUT2D eigenvalue weighted by Gasteiger charge is -2.23. The van der Waals surface area contributed by atoms with E-state index in [1.54, 1.807) is 31.7 Å². The Hall–Kier alpha value is -1.14. The number of hydrogen-bond donors (Lipinski definition) is 3. The summed E-state index contributed by atoms with van der Waals surface area (Å²) in [5.74, 6) is 2.44. The number of aryl methyl sites for hydroxylation is 2. The Labute approximate surface area is 124 Å². The predicted octanol–water partition coefficient (Wildman–Crippen LogP) is 2.16. The number of carbonyl (C=O) groups is 1. The maximum Gasteiger partial charge on any atom is 0.314 e. The molecule has 2 amide bonds. The molecule has 20 heavy (non-hydrogen) atoms. The number of thioether (sulfide) groups is 1. The average Bonchev–Trinajstić information content (AvgIpc) is 2.72. The molecule has 1 aromatic heterocycles. The SMILES string of the molecule is CSCCCNC(=O)NCC(C)(O)c1cc(C)oc1C. The first-order valence-electron chi connectivity index (χ1n) is 6.67. The summed E-state index contributed by atoms with van der Waals surface area (Å²) in [5.41, 5.74) is -0.434. The van der Waals surface area contributed by atoms with Crippen molar-refractivity contribution in [1.82, 2.24) is 10.6 Å². The van der Waals surface area contributed by atoms with Crippen molar-refractivity contribution in [3.63, 3.8) is 0 Å². The van der Waals surface area contributed by atoms with Gasteiger partial charge in [-0.25, -0.2) is 4.79 Å². The van der Waals surface area contributed by atoms with Crippen molar-refractivity contribution in [2.75, 3.05) is 25.1 Å². The minimum absolute atomic E-state index is 0.140. The van der Waals surface area contributed by atoms with Gasteiger partial charge in [0.2, 0.25) is 0 Å². The fourth-order valence-corrected chi connectivity index (χ4v) is 2.43. The summed E-state index contributed by atoms with van der Waals surface area (Å²) in [5, 5.41) is 15.9. The second kappa shape index (κ2) is 7.59. The lowest BCUT2D eigenvalue weighted by molar-refractivity contribution is 0.0579. The van der Waals surface area contributed by atoms with Crippen molar-refractivity contribution in [1.29, 1.82) is 0 Å². The van der Waals surface area contributed by atoms with Gasteiger partial charge in [-0.3, -0.25) is 0 Å². The third-order valence-corrected chi connectivity index (χ3v) is 3.72. The molecule has 0 aliphatic carbocycles. The third kappa shape index (κ3) is 5.09. The fourth-order valence-electron chi connectivity index (χ4n) is 1.99. The maximum absolute atomic E-state index is 11.6. The molecule has 1 unspecified atom stereocenters. The van der Waals surface area contributed by atoms with E-state index in [-0.39, 0.29) is 12.6 Å². The van der Waals surface area contributed by atoms with Crippen molar-refractivity contribution in [2.45, 2.75) is 32.8 Å². The van der Waals surface area contributed by atoms with Crippen LogP contribution in [0.25, 0.3) is 0 Å². The van der Waals surface area contributed by atoms with Gasteiger partial charge in [0.25, 0.3) is 0 Å². The average molecular weight is 300 g/mol. The summed E-state index contributed by atoms with van der Waals surface area (Å²) in [7, 11) is 0. The van der Waals surface area contributed by atoms with Crippen molar-refractivity contribution in [3.8, 4) is 0 Å². The van der Waals surface area contributed by atoms with Crippen molar-refractivity contribution in [3.05, 3.63) is 23.2 Å². The molecule has 0 aromatic carbocycles. The number of urea groups is 1. The van der Waals surface area contributed by atoms with Crippen LogP contribution in [0.5, 0.6) is 0 Å². The highest BCUT2D eigenvalue weighted by Gasteiger charge is 2.28. The highest BCUT2D eigenvalue weighted by atomic mass is 32.2. The number of aliphatic hydroxyl groups is 1. The van der Waals surface area contributed by atoms with Crippen LogP contribution in [0.3, 0.4) is 0 Å². The Kier molecular flexibility index (Phi) is 6.42. The maximum atomic E-state index is 11.6. The Balaban J connectivity index is 2.43. The number of hydrogen-bond acceptors (Lipinski definition) is 4. The number of nitrogens with one attached hydrogen (secondary N) is 2. The van der Waals surface area contributed by atoms with Crippen LogP contribution in [-0.4, -0.2) is 36.2 Å². The largest absolute Gasteiger partial charge is 0.466 e. The van der Waals surface area contributed by atoms with Crippen LogP contribution in [0.4, 0.5) is 4.79 Å². The van der Waals surface area contributed by atoms with Gasteiger partial charge in [-0.1, -0.05) is 0 Å². The molecular formula is C14H24N2O3S. The van der Waals surface area contributed by atoms with Crippen molar-refractivity contribution < 1.29 is 14.3 Å². The lowest BCUT2D eigenvalue weighted by Crippen LogP contribution is -2.43. The smallest absolute Gasteiger partial charge is 0.314 e. The Morgan fingerprint density at radius 1 is 1.45 bits per heavy atom. The van der Waals surface area contributed by atoms with Gasteiger partial charge in [-0.05, 0) is 45.3 Å². The van der Waals surface area contributed by atoms with Crippen molar-refractivity contribution in [2.24, 2.45) is 0 Å². The van der Waals surface area contributed by atoms with E-state index >= 15 is 0 Å². The minimum atomic E-state index is -1.14. The van der Waals surface area contributed by atoms with E-state index in [0.717, 1.165) is 17.9 Å². The molecule has 3 N–H and O–H groups in total. The highest BCUT2D eigenvalue weighted by Crippen LogP contribution is 2.26. The molecule has 1 aromatic rings. The Bertz CT molecular complexity index is 444. The zero-order chi connectivity index (χ0) is 15.2. The summed E-state index contributed by atoms with van der Waals surface area (Å²) in [6, 6.07) is 1.54. The van der Waals surface area contributed by atoms with E-state index < -0.39 is 5.60 Å². The molecule has 0 bridgehead atoms. The molecule has 0 saturated heterocycles. The molecule has 1 atom stereocenters. The first kappa shape index (κ1) is 16.9. The molecule has 0 aliphatic rings. The molecule has 6 heteroatoms. The first-order valence-corrected chi connectivity index (χ1v) is 8.06. The van der Waals surface area contributed by atoms with Gasteiger partial charge in [0.1, 0.15) is 17.1 Å². The van der Waals surface area contributed by atoms with E-state index in [0.29, 0.717) is 17.9 Å². The zero-order valence-electron chi connectivity index (χ0n) is 12.6. The van der Waals surface area contributed by atoms with Crippen LogP contribution in [0.2, 0.25) is 0 Å². The van der Waals surface area contributed by atoms with E-state index in [1.165, 1.54) is 0 Å². The molecule has 114 valence electrons. The monoisotopic (exact) mass is 300 g/mol. The van der Waals surface area contributed by atoms with Crippen LogP contribution in [-0.2, 0) is 5.60 Å². The van der Waals surface area contributed by atoms with Gasteiger partial charge >= 0.3 is 6.03 Å². The molecule has 0 saturated carbocycles. The summed E-state index contributed by atoms with van der Waals surface area (Å²) < 4.78 is 5.41. The Morgan fingerprint density at radius 3 is 2.70 bits per heavy atom. The summed E-state index contributed by atoms with van der Waals surface area (Å²) >= 11 is 1.75. The van der Waals surface area contributed by atoms with Crippen LogP contribution in [0.15, 0.2) is 10.5 Å². The lowest BCUT2D eigenvalue weighted by atomic mass is 9.96. The minimum Gasteiger partial charge on any atom is -0.466 e. The number of amides is 2. The van der Waals surface area contributed by atoms with Crippen LogP contribution < -0.4 is 10.6 Å². The third-order valence-electron chi connectivity index (χ3n) is 3.03. The molecule has 1 heterocycles. The topological polar surface area (TPSA) is 74.5 Å². The van der Waals surface area contributed by atoms with Gasteiger partial charge in [-0.15, -0.1) is 0 Å². The van der Waals surface area contributed by atoms with Gasteiger partial charge in [-0.2, -0.15) is 11.8 Å². The van der Waals surface area contributed by atoms with E-state index in [4.69, 9.17) is 4.42 Å². The van der Waals surface area contributed by atoms with Gasteiger partial charge in [0.15, 0.2) is 0 Å². The first-order chi connectivity index (χ1) is 9.36. The molecule has 0 spiro atoms. The standard InChI is InChI=1S/C14H24N2O3S/c1-10-8-12(11(2)19-10)14(3,18)9-16-13(17)15-6-5-7-20-4/h8,18H,5-7,9H2,1-4H3,(H2,15,16,17). The molecule has 1 rings (SSSR count). The van der Waals surface area contributed by atoms with Crippen LogP contribution >= 0.6 is 11.8 Å².